The predicted octanol–water partition coefficient (Wildman–Crippen LogP) is 6.08. The number of phosphoric ester groups is 1. The third-order valence-corrected chi connectivity index (χ3v) is 7.63. The second-order valence-electron chi connectivity index (χ2n) is 8.81. The number of aryl methyl sites for hydroxylation is 1. The quantitative estimate of drug-likeness (QED) is 0.285. The highest BCUT2D eigenvalue weighted by molar-refractivity contribution is 7.48. The van der Waals surface area contributed by atoms with Crippen molar-refractivity contribution in [3.8, 4) is 11.5 Å². The van der Waals surface area contributed by atoms with Crippen molar-refractivity contribution in [1.82, 2.24) is 5.32 Å². The Kier molecular flexibility index (Phi) is 10.4. The van der Waals surface area contributed by atoms with Crippen LogP contribution in [-0.4, -0.2) is 40.1 Å². The van der Waals surface area contributed by atoms with E-state index in [0.29, 0.717) is 19.6 Å². The van der Waals surface area contributed by atoms with E-state index in [0.717, 1.165) is 35.4 Å². The average Bonchev–Trinajstić information content (AvgIpc) is 3.24. The lowest BCUT2D eigenvalue weighted by Crippen LogP contribution is -2.31. The molecule has 0 saturated heterocycles. The third-order valence-electron chi connectivity index (χ3n) is 6.04. The summed E-state index contributed by atoms with van der Waals surface area (Å²) < 4.78 is 53.7. The molecule has 1 aliphatic heterocycles. The molecule has 0 aliphatic carbocycles. The number of nitrogens with one attached hydrogen (secondary N) is 1. The van der Waals surface area contributed by atoms with Gasteiger partial charge in [-0.05, 0) is 69.0 Å². The van der Waals surface area contributed by atoms with Gasteiger partial charge in [0.1, 0.15) is 5.75 Å². The van der Waals surface area contributed by atoms with Crippen LogP contribution in [0.15, 0.2) is 54.2 Å². The second kappa shape index (κ2) is 13.2. The van der Waals surface area contributed by atoms with Gasteiger partial charge in [0.2, 0.25) is 0 Å². The van der Waals surface area contributed by atoms with E-state index < -0.39 is 7.82 Å². The Morgan fingerprint density at radius 1 is 1.00 bits per heavy atom. The predicted molar refractivity (Wildman–Crippen MR) is 138 cm³/mol. The Balaban J connectivity index is 1.53. The molecule has 0 radical (unpaired) electrons. The van der Waals surface area contributed by atoms with Gasteiger partial charge >= 0.3 is 7.82 Å². The average molecular weight is 522 g/mol. The van der Waals surface area contributed by atoms with E-state index in [1.807, 2.05) is 37.3 Å². The molecule has 1 atom stereocenters. The number of rotatable bonds is 15. The van der Waals surface area contributed by atoms with Gasteiger partial charge in [0.05, 0.1) is 33.5 Å². The van der Waals surface area contributed by atoms with E-state index in [-0.39, 0.29) is 36.8 Å². The molecule has 1 aliphatic rings. The minimum atomic E-state index is -3.58. The van der Waals surface area contributed by atoms with Crippen LogP contribution in [-0.2, 0) is 31.0 Å². The van der Waals surface area contributed by atoms with Gasteiger partial charge in [0.15, 0.2) is 11.6 Å². The SMILES string of the molecule is CCOP(=O)(OCC)OCC1(CCc2ccc(OCCc3ccc(OC)c(F)c3)cc2)C=C(C)NC1. The molecule has 0 fully saturated rings. The Morgan fingerprint density at radius 2 is 1.69 bits per heavy atom. The number of methoxy groups -OCH3 is 1. The highest BCUT2D eigenvalue weighted by Crippen LogP contribution is 2.51. The molecule has 0 spiro atoms. The van der Waals surface area contributed by atoms with Gasteiger partial charge in [-0.3, -0.25) is 13.6 Å². The van der Waals surface area contributed by atoms with Crippen LogP contribution in [0.1, 0.15) is 38.3 Å². The van der Waals surface area contributed by atoms with Crippen LogP contribution in [0.3, 0.4) is 0 Å². The largest absolute Gasteiger partial charge is 0.494 e. The zero-order chi connectivity index (χ0) is 26.0. The number of ether oxygens (including phenoxy) is 2. The first-order valence-electron chi connectivity index (χ1n) is 12.3. The van der Waals surface area contributed by atoms with Crippen LogP contribution in [0.5, 0.6) is 11.5 Å². The van der Waals surface area contributed by atoms with Crippen LogP contribution in [0, 0.1) is 11.2 Å². The molecular formula is C27H37FNO6P. The summed E-state index contributed by atoms with van der Waals surface area (Å²) >= 11 is 0. The smallest absolute Gasteiger partial charge is 0.474 e. The molecule has 36 heavy (non-hydrogen) atoms. The van der Waals surface area contributed by atoms with E-state index in [1.165, 1.54) is 13.2 Å². The first kappa shape index (κ1) is 28.2. The van der Waals surface area contributed by atoms with Crippen molar-refractivity contribution >= 4 is 7.82 Å². The summed E-state index contributed by atoms with van der Waals surface area (Å²) in [6.07, 6.45) is 4.36. The van der Waals surface area contributed by atoms with E-state index in [4.69, 9.17) is 23.0 Å². The van der Waals surface area contributed by atoms with Gasteiger partial charge < -0.3 is 14.8 Å². The standard InChI is InChI=1S/C27H37FNO6P/c1-5-33-36(30,34-6-2)35-20-27(18-21(3)29-19-27)15-13-22-7-10-24(11-8-22)32-16-14-23-9-12-26(31-4)25(28)17-23/h7-12,17-18,29H,5-6,13-16,19-20H2,1-4H3. The maximum Gasteiger partial charge on any atom is 0.474 e. The van der Waals surface area contributed by atoms with Crippen molar-refractivity contribution in [3.05, 3.63) is 71.2 Å². The number of hydrogen-bond donors (Lipinski definition) is 1. The normalized spacial score (nSPS) is 17.5. The van der Waals surface area contributed by atoms with E-state index >= 15 is 0 Å². The van der Waals surface area contributed by atoms with E-state index in [2.05, 4.69) is 11.4 Å². The molecule has 0 saturated carbocycles. The zero-order valence-electron chi connectivity index (χ0n) is 21.6. The van der Waals surface area contributed by atoms with Gasteiger partial charge in [0, 0.05) is 24.1 Å². The lowest BCUT2D eigenvalue weighted by atomic mass is 9.84. The summed E-state index contributed by atoms with van der Waals surface area (Å²) in [6.45, 7) is 7.42. The van der Waals surface area contributed by atoms with Crippen LogP contribution in [0.2, 0.25) is 0 Å². The molecule has 0 aromatic heterocycles. The summed E-state index contributed by atoms with van der Waals surface area (Å²) in [5.41, 5.74) is 2.78. The van der Waals surface area contributed by atoms with Gasteiger partial charge in [-0.25, -0.2) is 8.96 Å². The highest BCUT2D eigenvalue weighted by atomic mass is 31.2. The number of benzene rings is 2. The summed E-state index contributed by atoms with van der Waals surface area (Å²) in [4.78, 5) is 0. The summed E-state index contributed by atoms with van der Waals surface area (Å²) in [5.74, 6) is 0.627. The van der Waals surface area contributed by atoms with Gasteiger partial charge in [-0.15, -0.1) is 0 Å². The fraction of sp³-hybridized carbons (Fsp3) is 0.481. The van der Waals surface area contributed by atoms with Crippen molar-refractivity contribution < 1.29 is 32.0 Å². The first-order valence-corrected chi connectivity index (χ1v) is 13.8. The maximum absolute atomic E-state index is 13.8. The molecule has 1 unspecified atom stereocenters. The second-order valence-corrected chi connectivity index (χ2v) is 10.5. The van der Waals surface area contributed by atoms with Crippen molar-refractivity contribution in [3.63, 3.8) is 0 Å². The van der Waals surface area contributed by atoms with E-state index in [1.54, 1.807) is 19.9 Å². The zero-order valence-corrected chi connectivity index (χ0v) is 22.4. The molecule has 198 valence electrons. The van der Waals surface area contributed by atoms with Crippen molar-refractivity contribution in [2.45, 2.75) is 40.0 Å². The van der Waals surface area contributed by atoms with Gasteiger partial charge in [-0.1, -0.05) is 24.3 Å². The van der Waals surface area contributed by atoms with E-state index in [9.17, 15) is 8.96 Å². The number of phosphoric acid groups is 1. The number of allylic oxidation sites excluding steroid dienone is 1. The van der Waals surface area contributed by atoms with Crippen molar-refractivity contribution in [2.75, 3.05) is 40.1 Å². The van der Waals surface area contributed by atoms with Gasteiger partial charge in [-0.2, -0.15) is 0 Å². The number of halogens is 1. The Morgan fingerprint density at radius 3 is 2.28 bits per heavy atom. The monoisotopic (exact) mass is 521 g/mol. The Hall–Kier alpha value is -2.38. The van der Waals surface area contributed by atoms with Crippen molar-refractivity contribution in [1.29, 1.82) is 0 Å². The minimum absolute atomic E-state index is 0.236. The van der Waals surface area contributed by atoms with Gasteiger partial charge in [0.25, 0.3) is 0 Å². The fourth-order valence-corrected chi connectivity index (χ4v) is 5.41. The maximum atomic E-state index is 13.8. The Bertz CT molecular complexity index is 1050. The fourth-order valence-electron chi connectivity index (χ4n) is 4.14. The molecule has 2 aromatic rings. The molecule has 3 rings (SSSR count). The minimum Gasteiger partial charge on any atom is -0.494 e. The van der Waals surface area contributed by atoms with Crippen LogP contribution >= 0.6 is 7.82 Å². The molecule has 1 heterocycles. The van der Waals surface area contributed by atoms with Crippen LogP contribution < -0.4 is 14.8 Å². The molecule has 2 aromatic carbocycles. The van der Waals surface area contributed by atoms with Crippen LogP contribution in [0.25, 0.3) is 0 Å². The van der Waals surface area contributed by atoms with Crippen LogP contribution in [0.4, 0.5) is 4.39 Å². The molecular weight excluding hydrogens is 484 g/mol. The topological polar surface area (TPSA) is 75.3 Å². The number of hydrogen-bond acceptors (Lipinski definition) is 7. The molecule has 9 heteroatoms. The summed E-state index contributed by atoms with van der Waals surface area (Å²) in [6, 6.07) is 12.9. The molecule has 1 N–H and O–H groups in total. The first-order chi connectivity index (χ1) is 17.3. The third kappa shape index (κ3) is 8.07. The lowest BCUT2D eigenvalue weighted by Gasteiger charge is -2.28. The molecule has 0 amide bonds. The summed E-state index contributed by atoms with van der Waals surface area (Å²) in [5, 5.41) is 3.36. The summed E-state index contributed by atoms with van der Waals surface area (Å²) in [7, 11) is -2.13. The molecule has 7 nitrogen and oxygen atoms in total. The lowest BCUT2D eigenvalue weighted by molar-refractivity contribution is 0.0897. The molecule has 0 bridgehead atoms. The van der Waals surface area contributed by atoms with Crippen molar-refractivity contribution in [2.24, 2.45) is 5.41 Å². The highest BCUT2D eigenvalue weighted by Gasteiger charge is 2.36. The Labute approximate surface area is 213 Å².